The Labute approximate surface area is 226 Å². The standard InChI is InChI=1S/C30H44N4O4/c1-21(2)20-31-15-9-17-33-27(35)26(19-22-13-14-23-10-6-7-11-24(23)18-22)34(29(37)30(3,4)38-5)28(36)25-12-8-16-32-25/h6-7,10-11,13-14,18,21,25-26,31-32H,8-9,12,15-17,19-20H2,1-5H3,(H,33,35)/t25-,26+/m0/s1. The quantitative estimate of drug-likeness (QED) is 0.349. The Morgan fingerprint density at radius 2 is 1.84 bits per heavy atom. The molecule has 0 radical (unpaired) electrons. The topological polar surface area (TPSA) is 99.8 Å². The van der Waals surface area contributed by atoms with Crippen LogP contribution in [0.5, 0.6) is 0 Å². The lowest BCUT2D eigenvalue weighted by Crippen LogP contribution is -2.61. The van der Waals surface area contributed by atoms with E-state index >= 15 is 0 Å². The van der Waals surface area contributed by atoms with Crippen molar-refractivity contribution in [2.45, 2.75) is 71.1 Å². The summed E-state index contributed by atoms with van der Waals surface area (Å²) in [6, 6.07) is 12.5. The predicted molar refractivity (Wildman–Crippen MR) is 151 cm³/mol. The van der Waals surface area contributed by atoms with Crippen LogP contribution in [0.2, 0.25) is 0 Å². The number of carbonyl (C=O) groups excluding carboxylic acids is 3. The van der Waals surface area contributed by atoms with E-state index in [1.807, 2.05) is 42.5 Å². The molecule has 8 nitrogen and oxygen atoms in total. The molecule has 8 heteroatoms. The van der Waals surface area contributed by atoms with Crippen LogP contribution < -0.4 is 16.0 Å². The maximum atomic E-state index is 13.8. The lowest BCUT2D eigenvalue weighted by molar-refractivity contribution is -0.164. The minimum absolute atomic E-state index is 0.215. The van der Waals surface area contributed by atoms with E-state index in [0.717, 1.165) is 47.2 Å². The van der Waals surface area contributed by atoms with Gasteiger partial charge in [-0.25, -0.2) is 0 Å². The third-order valence-electron chi connectivity index (χ3n) is 7.08. The molecule has 208 valence electrons. The van der Waals surface area contributed by atoms with Gasteiger partial charge in [0, 0.05) is 20.1 Å². The zero-order valence-corrected chi connectivity index (χ0v) is 23.5. The molecule has 1 saturated heterocycles. The minimum Gasteiger partial charge on any atom is -0.369 e. The Morgan fingerprint density at radius 1 is 1.11 bits per heavy atom. The van der Waals surface area contributed by atoms with Crippen molar-refractivity contribution >= 4 is 28.5 Å². The zero-order chi connectivity index (χ0) is 27.7. The summed E-state index contributed by atoms with van der Waals surface area (Å²) in [5.74, 6) is -0.682. The van der Waals surface area contributed by atoms with Crippen molar-refractivity contribution in [3.8, 4) is 0 Å². The number of ether oxygens (including phenoxy) is 1. The Kier molecular flexibility index (Phi) is 10.8. The first-order chi connectivity index (χ1) is 18.1. The van der Waals surface area contributed by atoms with Gasteiger partial charge in [0.05, 0.1) is 6.04 Å². The molecule has 2 aromatic carbocycles. The molecule has 1 heterocycles. The van der Waals surface area contributed by atoms with Gasteiger partial charge in [-0.1, -0.05) is 56.3 Å². The number of nitrogens with zero attached hydrogens (tertiary/aromatic N) is 1. The van der Waals surface area contributed by atoms with E-state index in [-0.39, 0.29) is 18.2 Å². The summed E-state index contributed by atoms with van der Waals surface area (Å²) < 4.78 is 5.47. The van der Waals surface area contributed by atoms with E-state index in [1.54, 1.807) is 13.8 Å². The lowest BCUT2D eigenvalue weighted by Gasteiger charge is -2.36. The molecule has 0 spiro atoms. The molecule has 2 atom stereocenters. The number of fused-ring (bicyclic) bond motifs is 1. The normalized spacial score (nSPS) is 16.5. The summed E-state index contributed by atoms with van der Waals surface area (Å²) in [5.41, 5.74) is -0.389. The first kappa shape index (κ1) is 29.7. The van der Waals surface area contributed by atoms with Crippen LogP contribution in [0.4, 0.5) is 0 Å². The molecule has 0 unspecified atom stereocenters. The van der Waals surface area contributed by atoms with Gasteiger partial charge in [0.2, 0.25) is 11.8 Å². The monoisotopic (exact) mass is 524 g/mol. The van der Waals surface area contributed by atoms with Crippen molar-refractivity contribution < 1.29 is 19.1 Å². The highest BCUT2D eigenvalue weighted by molar-refractivity contribution is 6.05. The molecule has 38 heavy (non-hydrogen) atoms. The Balaban J connectivity index is 1.89. The molecule has 0 bridgehead atoms. The summed E-state index contributed by atoms with van der Waals surface area (Å²) in [4.78, 5) is 42.4. The molecule has 0 saturated carbocycles. The van der Waals surface area contributed by atoms with E-state index in [4.69, 9.17) is 4.74 Å². The Hall–Kier alpha value is -2.81. The highest BCUT2D eigenvalue weighted by atomic mass is 16.5. The summed E-state index contributed by atoms with van der Waals surface area (Å²) in [6.07, 6.45) is 2.43. The van der Waals surface area contributed by atoms with Gasteiger partial charge in [-0.05, 0) is 75.0 Å². The summed E-state index contributed by atoms with van der Waals surface area (Å²) in [7, 11) is 1.44. The molecule has 1 aliphatic heterocycles. The van der Waals surface area contributed by atoms with Gasteiger partial charge in [-0.2, -0.15) is 0 Å². The second-order valence-corrected chi connectivity index (χ2v) is 11.0. The molecule has 0 aromatic heterocycles. The van der Waals surface area contributed by atoms with Crippen LogP contribution in [0.15, 0.2) is 42.5 Å². The van der Waals surface area contributed by atoms with Crippen molar-refractivity contribution in [1.29, 1.82) is 0 Å². The Bertz CT molecular complexity index is 1090. The van der Waals surface area contributed by atoms with Crippen LogP contribution in [0.3, 0.4) is 0 Å². The fraction of sp³-hybridized carbons (Fsp3) is 0.567. The van der Waals surface area contributed by atoms with Crippen molar-refractivity contribution in [3.05, 3.63) is 48.0 Å². The second-order valence-electron chi connectivity index (χ2n) is 11.0. The average molecular weight is 525 g/mol. The van der Waals surface area contributed by atoms with Crippen molar-refractivity contribution in [1.82, 2.24) is 20.9 Å². The van der Waals surface area contributed by atoms with E-state index in [2.05, 4.69) is 29.8 Å². The fourth-order valence-corrected chi connectivity index (χ4v) is 4.66. The first-order valence-electron chi connectivity index (χ1n) is 13.8. The highest BCUT2D eigenvalue weighted by Gasteiger charge is 2.44. The fourth-order valence-electron chi connectivity index (χ4n) is 4.66. The molecule has 2 aromatic rings. The number of imide groups is 1. The van der Waals surface area contributed by atoms with Crippen molar-refractivity contribution in [3.63, 3.8) is 0 Å². The first-order valence-corrected chi connectivity index (χ1v) is 13.8. The smallest absolute Gasteiger partial charge is 0.261 e. The van der Waals surface area contributed by atoms with E-state index in [1.165, 1.54) is 7.11 Å². The average Bonchev–Trinajstić information content (AvgIpc) is 3.45. The molecule has 1 fully saturated rings. The van der Waals surface area contributed by atoms with Crippen LogP contribution in [0.1, 0.15) is 52.5 Å². The largest absolute Gasteiger partial charge is 0.369 e. The summed E-state index contributed by atoms with van der Waals surface area (Å²) in [6.45, 7) is 10.4. The molecule has 0 aliphatic carbocycles. The van der Waals surface area contributed by atoms with Gasteiger partial charge in [0.1, 0.15) is 11.6 Å². The third kappa shape index (κ3) is 7.85. The van der Waals surface area contributed by atoms with Crippen LogP contribution in [-0.2, 0) is 25.5 Å². The maximum Gasteiger partial charge on any atom is 0.261 e. The number of methoxy groups -OCH3 is 1. The van der Waals surface area contributed by atoms with E-state index in [9.17, 15) is 14.4 Å². The second kappa shape index (κ2) is 13.8. The van der Waals surface area contributed by atoms with Crippen LogP contribution >= 0.6 is 0 Å². The van der Waals surface area contributed by atoms with Gasteiger partial charge < -0.3 is 20.7 Å². The summed E-state index contributed by atoms with van der Waals surface area (Å²) in [5, 5.41) is 11.7. The SMILES string of the molecule is COC(C)(C)C(=O)N(C(=O)[C@@H]1CCCN1)[C@H](Cc1ccc2ccccc2c1)C(=O)NCCCNCC(C)C. The zero-order valence-electron chi connectivity index (χ0n) is 23.5. The number of amides is 3. The maximum absolute atomic E-state index is 13.8. The van der Waals surface area contributed by atoms with Crippen LogP contribution in [0, 0.1) is 5.92 Å². The van der Waals surface area contributed by atoms with Gasteiger partial charge >= 0.3 is 0 Å². The molecular formula is C30H44N4O4. The summed E-state index contributed by atoms with van der Waals surface area (Å²) >= 11 is 0. The van der Waals surface area contributed by atoms with Gasteiger partial charge in [-0.15, -0.1) is 0 Å². The minimum atomic E-state index is -1.27. The molecule has 3 rings (SSSR count). The van der Waals surface area contributed by atoms with E-state index in [0.29, 0.717) is 25.4 Å². The van der Waals surface area contributed by atoms with E-state index < -0.39 is 23.6 Å². The molecule has 1 aliphatic rings. The predicted octanol–water partition coefficient (Wildman–Crippen LogP) is 3.04. The number of carbonyl (C=O) groups is 3. The van der Waals surface area contributed by atoms with Crippen LogP contribution in [-0.4, -0.2) is 73.6 Å². The number of hydrogen-bond acceptors (Lipinski definition) is 6. The highest BCUT2D eigenvalue weighted by Crippen LogP contribution is 2.23. The number of benzene rings is 2. The molecule has 3 amide bonds. The lowest BCUT2D eigenvalue weighted by atomic mass is 9.97. The van der Waals surface area contributed by atoms with Crippen molar-refractivity contribution in [2.75, 3.05) is 33.3 Å². The molecular weight excluding hydrogens is 480 g/mol. The number of nitrogens with one attached hydrogen (secondary N) is 3. The van der Waals surface area contributed by atoms with Crippen LogP contribution in [0.25, 0.3) is 10.8 Å². The van der Waals surface area contributed by atoms with Gasteiger partial charge in [0.15, 0.2) is 0 Å². The molecule has 3 N–H and O–H groups in total. The number of rotatable bonds is 13. The van der Waals surface area contributed by atoms with Crippen molar-refractivity contribution in [2.24, 2.45) is 5.92 Å². The third-order valence-corrected chi connectivity index (χ3v) is 7.08. The van der Waals surface area contributed by atoms with Gasteiger partial charge in [-0.3, -0.25) is 19.3 Å². The number of hydrogen-bond donors (Lipinski definition) is 3. The van der Waals surface area contributed by atoms with Gasteiger partial charge in [0.25, 0.3) is 5.91 Å². The Morgan fingerprint density at radius 3 is 2.50 bits per heavy atom.